The van der Waals surface area contributed by atoms with Crippen LogP contribution < -0.4 is 15.5 Å². The maximum absolute atomic E-state index is 13.1. The van der Waals surface area contributed by atoms with E-state index in [4.69, 9.17) is 0 Å². The largest absolute Gasteiger partial charge is 0.371 e. The van der Waals surface area contributed by atoms with Gasteiger partial charge in [-0.2, -0.15) is 0 Å². The van der Waals surface area contributed by atoms with Gasteiger partial charge in [-0.05, 0) is 48.6 Å². The summed E-state index contributed by atoms with van der Waals surface area (Å²) in [6, 6.07) is 25.5. The summed E-state index contributed by atoms with van der Waals surface area (Å²) in [7, 11) is 0. The predicted molar refractivity (Wildman–Crippen MR) is 129 cm³/mol. The molecule has 1 aliphatic rings. The molecule has 164 valence electrons. The van der Waals surface area contributed by atoms with Crippen LogP contribution in [-0.4, -0.2) is 24.9 Å². The Labute approximate surface area is 189 Å². The van der Waals surface area contributed by atoms with E-state index in [0.717, 1.165) is 42.7 Å². The van der Waals surface area contributed by atoms with E-state index in [-0.39, 0.29) is 11.8 Å². The Bertz CT molecular complexity index is 1050. The van der Waals surface area contributed by atoms with Gasteiger partial charge in [0, 0.05) is 37.4 Å². The van der Waals surface area contributed by atoms with E-state index in [1.54, 1.807) is 6.07 Å². The molecule has 0 bridgehead atoms. The number of carbonyl (C=O) groups is 2. The number of benzene rings is 3. The van der Waals surface area contributed by atoms with E-state index in [9.17, 15) is 9.59 Å². The van der Waals surface area contributed by atoms with Crippen LogP contribution in [0.15, 0.2) is 78.9 Å². The zero-order valence-electron chi connectivity index (χ0n) is 18.2. The molecule has 4 rings (SSSR count). The third kappa shape index (κ3) is 5.76. The van der Waals surface area contributed by atoms with Gasteiger partial charge in [0.05, 0.1) is 5.56 Å². The lowest BCUT2D eigenvalue weighted by Gasteiger charge is -2.22. The topological polar surface area (TPSA) is 61.4 Å². The molecular weight excluding hydrogens is 398 g/mol. The van der Waals surface area contributed by atoms with E-state index in [2.05, 4.69) is 15.5 Å². The Balaban J connectivity index is 1.46. The van der Waals surface area contributed by atoms with Gasteiger partial charge in [-0.25, -0.2) is 0 Å². The number of rotatable bonds is 8. The maximum atomic E-state index is 13.1. The first-order valence-corrected chi connectivity index (χ1v) is 11.2. The average Bonchev–Trinajstić information content (AvgIpc) is 3.37. The van der Waals surface area contributed by atoms with E-state index >= 15 is 0 Å². The first-order valence-electron chi connectivity index (χ1n) is 11.2. The first-order chi connectivity index (χ1) is 15.7. The normalized spacial score (nSPS) is 13.1. The Morgan fingerprint density at radius 1 is 0.812 bits per heavy atom. The minimum atomic E-state index is -0.129. The Hall–Kier alpha value is -3.60. The highest BCUT2D eigenvalue weighted by Gasteiger charge is 2.20. The lowest BCUT2D eigenvalue weighted by molar-refractivity contribution is -0.116. The van der Waals surface area contributed by atoms with Gasteiger partial charge in [-0.1, -0.05) is 60.7 Å². The molecule has 1 fully saturated rings. The maximum Gasteiger partial charge on any atom is 0.253 e. The van der Waals surface area contributed by atoms with Gasteiger partial charge in [0.1, 0.15) is 0 Å². The van der Waals surface area contributed by atoms with Gasteiger partial charge in [0.15, 0.2) is 0 Å². The molecule has 2 amide bonds. The van der Waals surface area contributed by atoms with Crippen molar-refractivity contribution < 1.29 is 9.59 Å². The molecule has 1 aliphatic heterocycles. The number of hydrogen-bond donors (Lipinski definition) is 2. The van der Waals surface area contributed by atoms with Crippen LogP contribution in [0.25, 0.3) is 0 Å². The second kappa shape index (κ2) is 10.6. The van der Waals surface area contributed by atoms with Crippen molar-refractivity contribution in [3.63, 3.8) is 0 Å². The van der Waals surface area contributed by atoms with Gasteiger partial charge in [-0.3, -0.25) is 9.59 Å². The SMILES string of the molecule is O=C(CCc1ccccc1)Nc1ccc(N2CCCC2)c(C(=O)NCc2ccccc2)c1. The van der Waals surface area contributed by atoms with Crippen LogP contribution in [-0.2, 0) is 17.8 Å². The zero-order valence-corrected chi connectivity index (χ0v) is 18.2. The van der Waals surface area contributed by atoms with E-state index < -0.39 is 0 Å². The number of nitrogens with one attached hydrogen (secondary N) is 2. The van der Waals surface area contributed by atoms with Gasteiger partial charge >= 0.3 is 0 Å². The van der Waals surface area contributed by atoms with Crippen LogP contribution in [0.2, 0.25) is 0 Å². The average molecular weight is 428 g/mol. The smallest absolute Gasteiger partial charge is 0.253 e. The molecule has 0 aromatic heterocycles. The second-order valence-electron chi connectivity index (χ2n) is 8.13. The van der Waals surface area contributed by atoms with E-state index in [0.29, 0.717) is 30.6 Å². The summed E-state index contributed by atoms with van der Waals surface area (Å²) in [5.74, 6) is -0.186. The summed E-state index contributed by atoms with van der Waals surface area (Å²) < 4.78 is 0. The van der Waals surface area contributed by atoms with Crippen molar-refractivity contribution >= 4 is 23.2 Å². The molecule has 32 heavy (non-hydrogen) atoms. The molecule has 0 atom stereocenters. The molecule has 5 heteroatoms. The summed E-state index contributed by atoms with van der Waals surface area (Å²) in [5, 5.41) is 5.99. The molecule has 3 aromatic carbocycles. The fourth-order valence-corrected chi connectivity index (χ4v) is 4.03. The van der Waals surface area contributed by atoms with Crippen molar-refractivity contribution in [2.24, 2.45) is 0 Å². The number of carbonyl (C=O) groups excluding carboxylic acids is 2. The molecule has 0 radical (unpaired) electrons. The van der Waals surface area contributed by atoms with Crippen molar-refractivity contribution in [2.75, 3.05) is 23.3 Å². The van der Waals surface area contributed by atoms with Gasteiger partial charge in [-0.15, -0.1) is 0 Å². The molecule has 0 aliphatic carbocycles. The van der Waals surface area contributed by atoms with E-state index in [1.807, 2.05) is 72.8 Å². The monoisotopic (exact) mass is 427 g/mol. The third-order valence-corrected chi connectivity index (χ3v) is 5.75. The Morgan fingerprint density at radius 3 is 2.16 bits per heavy atom. The molecule has 0 saturated carbocycles. The third-order valence-electron chi connectivity index (χ3n) is 5.75. The Morgan fingerprint density at radius 2 is 1.47 bits per heavy atom. The number of amides is 2. The van der Waals surface area contributed by atoms with Crippen molar-refractivity contribution in [3.05, 3.63) is 95.6 Å². The van der Waals surface area contributed by atoms with Crippen molar-refractivity contribution in [1.82, 2.24) is 5.32 Å². The highest BCUT2D eigenvalue weighted by Crippen LogP contribution is 2.28. The molecule has 3 aromatic rings. The molecule has 0 spiro atoms. The summed E-state index contributed by atoms with van der Waals surface area (Å²) in [5.41, 5.74) is 4.36. The number of aryl methyl sites for hydroxylation is 1. The standard InChI is InChI=1S/C27H29N3O2/c31-26(16-13-21-9-3-1-4-10-21)29-23-14-15-25(30-17-7-8-18-30)24(19-23)27(32)28-20-22-11-5-2-6-12-22/h1-6,9-12,14-15,19H,7-8,13,16-18,20H2,(H,28,32)(H,29,31). The lowest BCUT2D eigenvalue weighted by Crippen LogP contribution is -2.27. The minimum absolute atomic E-state index is 0.0570. The second-order valence-corrected chi connectivity index (χ2v) is 8.13. The molecule has 1 heterocycles. The molecular formula is C27H29N3O2. The van der Waals surface area contributed by atoms with Crippen LogP contribution >= 0.6 is 0 Å². The molecule has 0 unspecified atom stereocenters. The summed E-state index contributed by atoms with van der Waals surface area (Å²) in [4.78, 5) is 27.8. The zero-order chi connectivity index (χ0) is 22.2. The Kier molecular flexibility index (Phi) is 7.18. The van der Waals surface area contributed by atoms with Crippen LogP contribution in [0.1, 0.15) is 40.7 Å². The summed E-state index contributed by atoms with van der Waals surface area (Å²) >= 11 is 0. The number of nitrogens with zero attached hydrogens (tertiary/aromatic N) is 1. The highest BCUT2D eigenvalue weighted by atomic mass is 16.2. The van der Waals surface area contributed by atoms with Gasteiger partial charge < -0.3 is 15.5 Å². The van der Waals surface area contributed by atoms with Crippen LogP contribution in [0.3, 0.4) is 0 Å². The van der Waals surface area contributed by atoms with Gasteiger partial charge in [0.25, 0.3) is 5.91 Å². The quantitative estimate of drug-likeness (QED) is 0.543. The van der Waals surface area contributed by atoms with Crippen LogP contribution in [0.4, 0.5) is 11.4 Å². The first kappa shape index (κ1) is 21.6. The number of anilines is 2. The highest BCUT2D eigenvalue weighted by molar-refractivity contribution is 6.02. The fourth-order valence-electron chi connectivity index (χ4n) is 4.03. The summed E-state index contributed by atoms with van der Waals surface area (Å²) in [6.45, 7) is 2.36. The van der Waals surface area contributed by atoms with Crippen molar-refractivity contribution in [1.29, 1.82) is 0 Å². The fraction of sp³-hybridized carbons (Fsp3) is 0.259. The van der Waals surface area contributed by atoms with Crippen LogP contribution in [0.5, 0.6) is 0 Å². The summed E-state index contributed by atoms with van der Waals surface area (Å²) in [6.07, 6.45) is 3.34. The van der Waals surface area contributed by atoms with Crippen molar-refractivity contribution in [2.45, 2.75) is 32.2 Å². The molecule has 5 nitrogen and oxygen atoms in total. The lowest BCUT2D eigenvalue weighted by atomic mass is 10.1. The van der Waals surface area contributed by atoms with Crippen molar-refractivity contribution in [3.8, 4) is 0 Å². The molecule has 2 N–H and O–H groups in total. The van der Waals surface area contributed by atoms with Gasteiger partial charge in [0.2, 0.25) is 5.91 Å². The molecule has 1 saturated heterocycles. The van der Waals surface area contributed by atoms with Crippen LogP contribution in [0, 0.1) is 0 Å². The minimum Gasteiger partial charge on any atom is -0.371 e. The van der Waals surface area contributed by atoms with E-state index in [1.165, 1.54) is 0 Å². The predicted octanol–water partition coefficient (Wildman–Crippen LogP) is 4.79. The number of hydrogen-bond acceptors (Lipinski definition) is 3.